The molecule has 0 saturated carbocycles. The first-order chi connectivity index (χ1) is 8.76. The van der Waals surface area contributed by atoms with Crippen LogP contribution in [0.25, 0.3) is 0 Å². The van der Waals surface area contributed by atoms with Gasteiger partial charge in [-0.25, -0.2) is 0 Å². The van der Waals surface area contributed by atoms with Gasteiger partial charge in [0.2, 0.25) is 0 Å². The van der Waals surface area contributed by atoms with E-state index in [0.717, 1.165) is 23.9 Å². The Labute approximate surface area is 123 Å². The van der Waals surface area contributed by atoms with Gasteiger partial charge in [-0.15, -0.1) is 0 Å². The van der Waals surface area contributed by atoms with Crippen LogP contribution in [0.2, 0.25) is 5.02 Å². The Hall–Kier alpha value is -0.530. The molecule has 0 bridgehead atoms. The van der Waals surface area contributed by atoms with E-state index in [1.807, 2.05) is 12.1 Å². The van der Waals surface area contributed by atoms with Gasteiger partial charge in [0, 0.05) is 10.6 Å². The van der Waals surface area contributed by atoms with Crippen LogP contribution >= 0.6 is 11.6 Å². The molecule has 1 aromatic rings. The average Bonchev–Trinajstić information content (AvgIpc) is 2.27. The topological polar surface area (TPSA) is 12.0 Å². The number of hydrogen-bond acceptors (Lipinski definition) is 1. The van der Waals surface area contributed by atoms with Crippen molar-refractivity contribution < 1.29 is 0 Å². The van der Waals surface area contributed by atoms with Crippen molar-refractivity contribution in [3.05, 3.63) is 34.9 Å². The zero-order valence-electron chi connectivity index (χ0n) is 13.0. The van der Waals surface area contributed by atoms with Gasteiger partial charge < -0.3 is 5.32 Å². The molecule has 0 aromatic heterocycles. The number of nitrogens with one attached hydrogen (secondary N) is 1. The van der Waals surface area contributed by atoms with Gasteiger partial charge in [-0.3, -0.25) is 0 Å². The largest absolute Gasteiger partial charge is 0.312 e. The first kappa shape index (κ1) is 16.5. The van der Waals surface area contributed by atoms with Gasteiger partial charge in [0.15, 0.2) is 0 Å². The van der Waals surface area contributed by atoms with Crippen molar-refractivity contribution in [2.45, 2.75) is 53.0 Å². The van der Waals surface area contributed by atoms with E-state index in [1.165, 1.54) is 12.0 Å². The van der Waals surface area contributed by atoms with E-state index in [-0.39, 0.29) is 5.54 Å². The third-order valence-corrected chi connectivity index (χ3v) is 3.42. The highest BCUT2D eigenvalue weighted by molar-refractivity contribution is 6.30. The Morgan fingerprint density at radius 1 is 1.11 bits per heavy atom. The van der Waals surface area contributed by atoms with Crippen LogP contribution in [0.4, 0.5) is 0 Å². The molecule has 0 fully saturated rings. The second-order valence-corrected chi connectivity index (χ2v) is 7.39. The van der Waals surface area contributed by atoms with E-state index in [9.17, 15) is 0 Å². The van der Waals surface area contributed by atoms with E-state index >= 15 is 0 Å². The highest BCUT2D eigenvalue weighted by atomic mass is 35.5. The quantitative estimate of drug-likeness (QED) is 0.779. The van der Waals surface area contributed by atoms with Crippen molar-refractivity contribution in [1.82, 2.24) is 5.32 Å². The Bertz CT molecular complexity index is 362. The van der Waals surface area contributed by atoms with Crippen molar-refractivity contribution >= 4 is 11.6 Å². The number of rotatable bonds is 6. The lowest BCUT2D eigenvalue weighted by Gasteiger charge is -2.26. The molecule has 19 heavy (non-hydrogen) atoms. The molecule has 0 saturated heterocycles. The summed E-state index contributed by atoms with van der Waals surface area (Å²) >= 11 is 5.94. The number of benzene rings is 1. The normalized spacial score (nSPS) is 13.8. The highest BCUT2D eigenvalue weighted by Crippen LogP contribution is 2.19. The van der Waals surface area contributed by atoms with E-state index in [4.69, 9.17) is 11.6 Å². The molecule has 1 rings (SSSR count). The summed E-state index contributed by atoms with van der Waals surface area (Å²) in [7, 11) is 0. The van der Waals surface area contributed by atoms with Gasteiger partial charge in [0.1, 0.15) is 0 Å². The standard InChI is InChI=1S/C17H28ClN/c1-13(2)10-15(12-19-17(3,4)5)11-14-6-8-16(18)9-7-14/h6-9,13,15,19H,10-12H2,1-5H3. The fourth-order valence-corrected chi connectivity index (χ4v) is 2.44. The predicted molar refractivity (Wildman–Crippen MR) is 85.9 cm³/mol. The maximum atomic E-state index is 5.94. The molecule has 2 heteroatoms. The molecule has 0 amide bonds. The minimum Gasteiger partial charge on any atom is -0.312 e. The Morgan fingerprint density at radius 2 is 1.68 bits per heavy atom. The number of halogens is 1. The van der Waals surface area contributed by atoms with Gasteiger partial charge in [0.25, 0.3) is 0 Å². The van der Waals surface area contributed by atoms with Gasteiger partial charge >= 0.3 is 0 Å². The summed E-state index contributed by atoms with van der Waals surface area (Å²) in [6.07, 6.45) is 2.38. The molecule has 108 valence electrons. The fourth-order valence-electron chi connectivity index (χ4n) is 2.31. The molecule has 0 aliphatic carbocycles. The van der Waals surface area contributed by atoms with E-state index < -0.39 is 0 Å². The van der Waals surface area contributed by atoms with Crippen LogP contribution in [0.3, 0.4) is 0 Å². The van der Waals surface area contributed by atoms with E-state index in [2.05, 4.69) is 52.1 Å². The number of hydrogen-bond donors (Lipinski definition) is 1. The summed E-state index contributed by atoms with van der Waals surface area (Å²) < 4.78 is 0. The molecule has 1 N–H and O–H groups in total. The van der Waals surface area contributed by atoms with Crippen LogP contribution in [0.1, 0.15) is 46.6 Å². The van der Waals surface area contributed by atoms with Crippen LogP contribution in [0.5, 0.6) is 0 Å². The molecular formula is C17H28ClN. The van der Waals surface area contributed by atoms with Gasteiger partial charge in [-0.05, 0) is 69.7 Å². The van der Waals surface area contributed by atoms with Gasteiger partial charge in [-0.2, -0.15) is 0 Å². The van der Waals surface area contributed by atoms with Crippen LogP contribution in [0, 0.1) is 11.8 Å². The fraction of sp³-hybridized carbons (Fsp3) is 0.647. The molecule has 0 heterocycles. The maximum absolute atomic E-state index is 5.94. The smallest absolute Gasteiger partial charge is 0.0406 e. The maximum Gasteiger partial charge on any atom is 0.0406 e. The minimum absolute atomic E-state index is 0.190. The Morgan fingerprint density at radius 3 is 2.16 bits per heavy atom. The lowest BCUT2D eigenvalue weighted by atomic mass is 9.90. The van der Waals surface area contributed by atoms with E-state index in [1.54, 1.807) is 0 Å². The monoisotopic (exact) mass is 281 g/mol. The first-order valence-electron chi connectivity index (χ1n) is 7.26. The van der Waals surface area contributed by atoms with E-state index in [0.29, 0.717) is 5.92 Å². The summed E-state index contributed by atoms with van der Waals surface area (Å²) in [6, 6.07) is 8.26. The third-order valence-electron chi connectivity index (χ3n) is 3.16. The SMILES string of the molecule is CC(C)CC(CNC(C)(C)C)Cc1ccc(Cl)cc1. The lowest BCUT2D eigenvalue weighted by Crippen LogP contribution is -2.39. The zero-order chi connectivity index (χ0) is 14.5. The van der Waals surface area contributed by atoms with Crippen molar-refractivity contribution in [2.75, 3.05) is 6.54 Å². The molecule has 0 aliphatic heterocycles. The molecule has 1 unspecified atom stereocenters. The lowest BCUT2D eigenvalue weighted by molar-refractivity contribution is 0.331. The van der Waals surface area contributed by atoms with Crippen molar-refractivity contribution in [3.8, 4) is 0 Å². The Kier molecular flexibility index (Phi) is 6.35. The molecule has 1 aromatic carbocycles. The molecular weight excluding hydrogens is 254 g/mol. The summed E-state index contributed by atoms with van der Waals surface area (Å²) in [5.74, 6) is 1.42. The third kappa shape index (κ3) is 7.59. The Balaban J connectivity index is 2.60. The minimum atomic E-state index is 0.190. The van der Waals surface area contributed by atoms with Crippen molar-refractivity contribution in [2.24, 2.45) is 11.8 Å². The summed E-state index contributed by atoms with van der Waals surface area (Å²) in [4.78, 5) is 0. The molecule has 0 aliphatic rings. The first-order valence-corrected chi connectivity index (χ1v) is 7.63. The second kappa shape index (κ2) is 7.31. The van der Waals surface area contributed by atoms with Gasteiger partial charge in [-0.1, -0.05) is 37.6 Å². The van der Waals surface area contributed by atoms with Gasteiger partial charge in [0.05, 0.1) is 0 Å². The van der Waals surface area contributed by atoms with Crippen LogP contribution < -0.4 is 5.32 Å². The van der Waals surface area contributed by atoms with Crippen molar-refractivity contribution in [3.63, 3.8) is 0 Å². The zero-order valence-corrected chi connectivity index (χ0v) is 13.7. The highest BCUT2D eigenvalue weighted by Gasteiger charge is 2.16. The average molecular weight is 282 g/mol. The van der Waals surface area contributed by atoms with Crippen molar-refractivity contribution in [1.29, 1.82) is 0 Å². The summed E-state index contributed by atoms with van der Waals surface area (Å²) in [5.41, 5.74) is 1.57. The summed E-state index contributed by atoms with van der Waals surface area (Å²) in [5, 5.41) is 4.45. The summed E-state index contributed by atoms with van der Waals surface area (Å²) in [6.45, 7) is 12.3. The van der Waals surface area contributed by atoms with Crippen LogP contribution in [-0.4, -0.2) is 12.1 Å². The molecule has 1 atom stereocenters. The second-order valence-electron chi connectivity index (χ2n) is 6.96. The molecule has 1 nitrogen and oxygen atoms in total. The van der Waals surface area contributed by atoms with Crippen LogP contribution in [0.15, 0.2) is 24.3 Å². The molecule has 0 spiro atoms. The van der Waals surface area contributed by atoms with Crippen LogP contribution in [-0.2, 0) is 6.42 Å². The molecule has 0 radical (unpaired) electrons. The predicted octanol–water partition coefficient (Wildman–Crippen LogP) is 4.93.